The summed E-state index contributed by atoms with van der Waals surface area (Å²) in [6.07, 6.45) is 2.86. The van der Waals surface area contributed by atoms with Gasteiger partial charge in [0.1, 0.15) is 17.3 Å². The van der Waals surface area contributed by atoms with Crippen molar-refractivity contribution in [3.05, 3.63) is 94.5 Å². The lowest BCUT2D eigenvalue weighted by atomic mass is 9.87. The van der Waals surface area contributed by atoms with Crippen molar-refractivity contribution in [1.82, 2.24) is 4.31 Å². The van der Waals surface area contributed by atoms with Gasteiger partial charge in [-0.15, -0.1) is 0 Å². The maximum atomic E-state index is 13.3. The third-order valence-corrected chi connectivity index (χ3v) is 7.90. The van der Waals surface area contributed by atoms with Gasteiger partial charge in [0.25, 0.3) is 0 Å². The van der Waals surface area contributed by atoms with Crippen molar-refractivity contribution in [3.63, 3.8) is 0 Å². The van der Waals surface area contributed by atoms with Crippen molar-refractivity contribution in [2.75, 3.05) is 20.3 Å². The van der Waals surface area contributed by atoms with Gasteiger partial charge in [-0.1, -0.05) is 30.3 Å². The second-order valence-electron chi connectivity index (χ2n) is 8.14. The largest absolute Gasteiger partial charge is 0.619 e. The minimum absolute atomic E-state index is 0.0884. The predicted molar refractivity (Wildman–Crippen MR) is 125 cm³/mol. The number of esters is 1. The van der Waals surface area contributed by atoms with E-state index < -0.39 is 10.0 Å². The van der Waals surface area contributed by atoms with Gasteiger partial charge in [0.05, 0.1) is 13.5 Å². The fourth-order valence-corrected chi connectivity index (χ4v) is 5.60. The van der Waals surface area contributed by atoms with E-state index in [1.54, 1.807) is 36.4 Å². The zero-order chi connectivity index (χ0) is 24.3. The third-order valence-electron chi connectivity index (χ3n) is 6.02. The molecule has 1 aliphatic heterocycles. The summed E-state index contributed by atoms with van der Waals surface area (Å²) in [5, 5.41) is 11.5. The molecule has 0 amide bonds. The van der Waals surface area contributed by atoms with Crippen molar-refractivity contribution in [3.8, 4) is 5.75 Å². The number of aryl methyl sites for hydroxylation is 1. The Balaban J connectivity index is 1.69. The first-order valence-corrected chi connectivity index (χ1v) is 12.3. The quantitative estimate of drug-likeness (QED) is 0.304. The van der Waals surface area contributed by atoms with Gasteiger partial charge in [-0.25, -0.2) is 8.42 Å². The molecular weight excluding hydrogens is 456 g/mol. The summed E-state index contributed by atoms with van der Waals surface area (Å²) in [6.45, 7) is 2.56. The number of para-hydroxylation sites is 1. The number of hydrogen-bond donors (Lipinski definition) is 0. The first-order valence-electron chi connectivity index (χ1n) is 10.9. The van der Waals surface area contributed by atoms with Crippen LogP contribution in [0.1, 0.15) is 34.6 Å². The molecule has 1 aliphatic rings. The lowest BCUT2D eigenvalue weighted by Gasteiger charge is -2.22. The zero-order valence-electron chi connectivity index (χ0n) is 19.0. The molecule has 1 aromatic heterocycles. The molecule has 3 aromatic rings. The van der Waals surface area contributed by atoms with E-state index in [-0.39, 0.29) is 42.9 Å². The maximum Gasteiger partial charge on any atom is 0.306 e. The Morgan fingerprint density at radius 3 is 2.62 bits per heavy atom. The van der Waals surface area contributed by atoms with E-state index in [1.807, 2.05) is 25.1 Å². The molecule has 0 bridgehead atoms. The van der Waals surface area contributed by atoms with Crippen LogP contribution in [0.15, 0.2) is 71.9 Å². The summed E-state index contributed by atoms with van der Waals surface area (Å²) in [5.74, 6) is -0.374. The molecule has 0 radical (unpaired) electrons. The smallest absolute Gasteiger partial charge is 0.306 e. The number of carbonyl (C=O) groups is 1. The lowest BCUT2D eigenvalue weighted by molar-refractivity contribution is -0.605. The lowest BCUT2D eigenvalue weighted by Crippen LogP contribution is -2.32. The second-order valence-corrected chi connectivity index (χ2v) is 10.1. The molecule has 0 aliphatic carbocycles. The number of hydrogen-bond acceptors (Lipinski definition) is 6. The number of aromatic nitrogens is 1. The normalized spacial score (nSPS) is 16.1. The summed E-state index contributed by atoms with van der Waals surface area (Å²) >= 11 is 0. The number of carbonyl (C=O) groups excluding carboxylic acids is 1. The van der Waals surface area contributed by atoms with Gasteiger partial charge in [-0.3, -0.25) is 4.79 Å². The molecular formula is C25H26N2O6S. The zero-order valence-corrected chi connectivity index (χ0v) is 19.8. The SMILES string of the molecule is COC(=O)CC(c1cc[n+]([O-])cc1)c1ccc(C)c(CN2CCOc3ccccc3S2(=O)=O)c1. The van der Waals surface area contributed by atoms with Crippen LogP contribution in [0.2, 0.25) is 0 Å². The molecule has 8 nitrogen and oxygen atoms in total. The number of methoxy groups -OCH3 is 1. The Kier molecular flexibility index (Phi) is 6.85. The molecule has 1 atom stereocenters. The highest BCUT2D eigenvalue weighted by Gasteiger charge is 2.31. The third kappa shape index (κ3) is 4.90. The second kappa shape index (κ2) is 9.82. The summed E-state index contributed by atoms with van der Waals surface area (Å²) in [6, 6.07) is 15.7. The van der Waals surface area contributed by atoms with Crippen LogP contribution < -0.4 is 9.47 Å². The van der Waals surface area contributed by atoms with Crippen LogP contribution in [0, 0.1) is 12.1 Å². The molecule has 34 heavy (non-hydrogen) atoms. The molecule has 9 heteroatoms. The van der Waals surface area contributed by atoms with Crippen LogP contribution in [0.5, 0.6) is 5.75 Å². The molecule has 0 saturated heterocycles. The summed E-state index contributed by atoms with van der Waals surface area (Å²) in [7, 11) is -2.42. The Bertz CT molecular complexity index is 1290. The first-order chi connectivity index (χ1) is 16.3. The summed E-state index contributed by atoms with van der Waals surface area (Å²) < 4.78 is 39.4. The van der Waals surface area contributed by atoms with E-state index in [0.29, 0.717) is 10.5 Å². The monoisotopic (exact) mass is 482 g/mol. The maximum absolute atomic E-state index is 13.3. The molecule has 1 unspecified atom stereocenters. The predicted octanol–water partition coefficient (Wildman–Crippen LogP) is 2.91. The van der Waals surface area contributed by atoms with Crippen molar-refractivity contribution < 1.29 is 27.4 Å². The molecule has 0 saturated carbocycles. The number of rotatable bonds is 6. The molecule has 0 fully saturated rings. The number of fused-ring (bicyclic) bond motifs is 1. The average Bonchev–Trinajstić information content (AvgIpc) is 2.95. The van der Waals surface area contributed by atoms with Crippen LogP contribution >= 0.6 is 0 Å². The minimum Gasteiger partial charge on any atom is -0.619 e. The molecule has 0 spiro atoms. The number of benzene rings is 2. The van der Waals surface area contributed by atoms with E-state index in [4.69, 9.17) is 9.47 Å². The van der Waals surface area contributed by atoms with Crippen LogP contribution in [-0.2, 0) is 26.1 Å². The molecule has 2 heterocycles. The summed E-state index contributed by atoms with van der Waals surface area (Å²) in [5.41, 5.74) is 3.38. The van der Waals surface area contributed by atoms with Gasteiger partial charge in [0, 0.05) is 31.1 Å². The van der Waals surface area contributed by atoms with Crippen LogP contribution in [0.3, 0.4) is 0 Å². The number of nitrogens with zero attached hydrogens (tertiary/aromatic N) is 2. The standard InChI is InChI=1S/C25H26N2O6S/c1-18-7-8-20(22(16-25(28)32-2)19-9-11-26(29)12-10-19)15-21(18)17-27-13-14-33-23-5-3-4-6-24(23)34(27,30)31/h3-12,15,22H,13-14,16-17H2,1-2H3. The Hall–Kier alpha value is -3.43. The number of ether oxygens (including phenoxy) is 2. The molecule has 2 aromatic carbocycles. The van der Waals surface area contributed by atoms with Gasteiger partial charge in [-0.05, 0) is 41.3 Å². The highest BCUT2D eigenvalue weighted by atomic mass is 32.2. The molecule has 0 N–H and O–H groups in total. The van der Waals surface area contributed by atoms with Crippen molar-refractivity contribution >= 4 is 16.0 Å². The fraction of sp³-hybridized carbons (Fsp3) is 0.280. The van der Waals surface area contributed by atoms with Gasteiger partial charge in [-0.2, -0.15) is 9.04 Å². The Morgan fingerprint density at radius 1 is 1.15 bits per heavy atom. The highest BCUT2D eigenvalue weighted by molar-refractivity contribution is 7.89. The van der Waals surface area contributed by atoms with Gasteiger partial charge in [0.2, 0.25) is 10.0 Å². The van der Waals surface area contributed by atoms with Gasteiger partial charge in [0.15, 0.2) is 12.4 Å². The number of pyridine rings is 1. The summed E-state index contributed by atoms with van der Waals surface area (Å²) in [4.78, 5) is 12.3. The first kappa shape index (κ1) is 23.7. The van der Waals surface area contributed by atoms with E-state index in [0.717, 1.165) is 22.3 Å². The fourth-order valence-electron chi connectivity index (χ4n) is 4.07. The minimum atomic E-state index is -3.75. The van der Waals surface area contributed by atoms with E-state index in [1.165, 1.54) is 23.8 Å². The van der Waals surface area contributed by atoms with Crippen molar-refractivity contribution in [2.24, 2.45) is 0 Å². The van der Waals surface area contributed by atoms with Crippen LogP contribution in [0.4, 0.5) is 0 Å². The average molecular weight is 483 g/mol. The van der Waals surface area contributed by atoms with Crippen LogP contribution in [0.25, 0.3) is 0 Å². The van der Waals surface area contributed by atoms with Crippen molar-refractivity contribution in [1.29, 1.82) is 0 Å². The van der Waals surface area contributed by atoms with Crippen molar-refractivity contribution in [2.45, 2.75) is 30.7 Å². The molecule has 178 valence electrons. The van der Waals surface area contributed by atoms with Gasteiger partial charge >= 0.3 is 5.97 Å². The Morgan fingerprint density at radius 2 is 1.88 bits per heavy atom. The van der Waals surface area contributed by atoms with E-state index >= 15 is 0 Å². The Labute approximate surface area is 199 Å². The molecule has 4 rings (SSSR count). The van der Waals surface area contributed by atoms with Gasteiger partial charge < -0.3 is 14.7 Å². The van der Waals surface area contributed by atoms with E-state index in [9.17, 15) is 18.4 Å². The topological polar surface area (TPSA) is 99.8 Å². The van der Waals surface area contributed by atoms with Crippen LogP contribution in [-0.4, -0.2) is 39.0 Å². The van der Waals surface area contributed by atoms with E-state index in [2.05, 4.69) is 0 Å². The number of sulfonamides is 1. The highest BCUT2D eigenvalue weighted by Crippen LogP contribution is 2.33.